The number of nitrogens with zero attached hydrogens (tertiary/aromatic N) is 2. The molecule has 1 aliphatic rings. The van der Waals surface area contributed by atoms with Crippen molar-refractivity contribution in [3.05, 3.63) is 314 Å². The molecule has 14 aromatic rings. The zero-order valence-electron chi connectivity index (χ0n) is 59.9. The Morgan fingerprint density at radius 1 is 0.330 bits per heavy atom. The normalized spacial score (nSPS) is 15.3. The van der Waals surface area contributed by atoms with E-state index in [2.05, 4.69) is 345 Å². The number of benzene rings is 14. The van der Waals surface area contributed by atoms with Crippen LogP contribution in [0, 0.1) is 0 Å². The summed E-state index contributed by atoms with van der Waals surface area (Å²) in [6.07, 6.45) is 7.54. The largest absolute Gasteiger partial charge is 0 e. The molecule has 535 valence electrons. The zero-order chi connectivity index (χ0) is 73.6. The molecule has 2 N–H and O–H groups in total. The molecule has 0 bridgehead atoms. The molecule has 14 aromatic carbocycles. The molecule has 15 rings (SSSR count). The van der Waals surface area contributed by atoms with Crippen LogP contribution in [0.15, 0.2) is 313 Å². The number of halogens is 6. The minimum Gasteiger partial charge on any atom is 0 e. The van der Waals surface area contributed by atoms with Crippen molar-refractivity contribution in [1.29, 1.82) is 0 Å². The third-order valence-corrected chi connectivity index (χ3v) is 33.0. The van der Waals surface area contributed by atoms with Gasteiger partial charge in [-0.25, -0.2) is 0 Å². The molecule has 1 aliphatic carbocycles. The first-order valence-corrected chi connectivity index (χ1v) is 41.8. The Balaban J connectivity index is 0.00000119. The Morgan fingerprint density at radius 2 is 0.585 bits per heavy atom. The van der Waals surface area contributed by atoms with Gasteiger partial charge in [0.25, 0.3) is 0 Å². The topological polar surface area (TPSA) is 65.2 Å². The maximum Gasteiger partial charge on any atom is 0 e. The van der Waals surface area contributed by atoms with Gasteiger partial charge in [0.05, 0.1) is 12.1 Å². The van der Waals surface area contributed by atoms with E-state index in [1.54, 1.807) is 0 Å². The van der Waals surface area contributed by atoms with Gasteiger partial charge in [0.15, 0.2) is 16.1 Å². The van der Waals surface area contributed by atoms with Crippen LogP contribution in [-0.4, -0.2) is 50.9 Å². The van der Waals surface area contributed by atoms with E-state index in [-0.39, 0.29) is 50.7 Å². The molecule has 14 heteroatoms. The van der Waals surface area contributed by atoms with Crippen LogP contribution in [0.3, 0.4) is 0 Å². The number of aromatic hydroxyl groups is 2. The van der Waals surface area contributed by atoms with Crippen LogP contribution in [0.2, 0.25) is 10.1 Å². The van der Waals surface area contributed by atoms with Crippen LogP contribution in [0.25, 0.3) is 87.6 Å². The van der Waals surface area contributed by atoms with Gasteiger partial charge in [0.2, 0.25) is 0 Å². The number of hydrogen-bond donors (Lipinski definition) is 2. The van der Waals surface area contributed by atoms with E-state index in [4.69, 9.17) is 9.98 Å². The molecule has 106 heavy (non-hydrogen) atoms. The summed E-state index contributed by atoms with van der Waals surface area (Å²) in [4.78, 5) is 10.9. The molecule has 0 aromatic heterocycles. The summed E-state index contributed by atoms with van der Waals surface area (Å²) >= 11 is 0. The molecular formula is C92H82F6MnN2O2PSi2-. The molecule has 1 saturated carbocycles. The maximum absolute atomic E-state index is 13.1. The SMILES string of the molecule is CC(C)(C)[Si](c1ccccc1)(c1ccccc1)c1ccc(-c2ccc3ccccc3c2-c2c(O)c(C=N[C@H]3CCCC[C@@H]3N=Cc3cc4ccccc4c(-c4c(-c5ccc([Si](c6ccccc6)(c6ccccc6)C(C)(C)C)cc5)ccc5ccccc45)c3O)cc3ccccc23)cc1.F[P-](F)(F)(F)(F)F.[Mn]. The van der Waals surface area contributed by atoms with Gasteiger partial charge in [-0.3, -0.25) is 9.98 Å². The summed E-state index contributed by atoms with van der Waals surface area (Å²) in [6.45, 7) is 14.5. The van der Waals surface area contributed by atoms with Gasteiger partial charge < -0.3 is 10.2 Å². The van der Waals surface area contributed by atoms with Gasteiger partial charge >= 0.3 is 33.0 Å². The third kappa shape index (κ3) is 14.7. The van der Waals surface area contributed by atoms with Gasteiger partial charge in [-0.2, -0.15) is 0 Å². The second kappa shape index (κ2) is 28.7. The second-order valence-corrected chi connectivity index (χ2v) is 41.2. The Labute approximate surface area is 628 Å². The Kier molecular flexibility index (Phi) is 20.1. The van der Waals surface area contributed by atoms with Crippen molar-refractivity contribution >= 4 is 111 Å². The minimum absolute atomic E-state index is 0. The first kappa shape index (κ1) is 74.3. The second-order valence-electron chi connectivity index (χ2n) is 29.8. The van der Waals surface area contributed by atoms with Crippen molar-refractivity contribution in [2.45, 2.75) is 89.4 Å². The number of phenols is 2. The number of aliphatic imine (C=N–C) groups is 2. The van der Waals surface area contributed by atoms with Crippen molar-refractivity contribution in [3.63, 3.8) is 0 Å². The molecule has 2 atom stereocenters. The number of rotatable bonds is 14. The summed E-state index contributed by atoms with van der Waals surface area (Å²) in [5.41, 5.74) is 9.12. The number of hydrogen-bond acceptors (Lipinski definition) is 4. The van der Waals surface area contributed by atoms with E-state index in [1.807, 2.05) is 12.4 Å². The molecule has 0 heterocycles. The predicted octanol–water partition coefficient (Wildman–Crippen LogP) is 23.1. The van der Waals surface area contributed by atoms with Crippen LogP contribution in [0.4, 0.5) is 25.2 Å². The molecule has 0 saturated heterocycles. The third-order valence-electron chi connectivity index (χ3n) is 21.3. The fourth-order valence-electron chi connectivity index (χ4n) is 16.9. The van der Waals surface area contributed by atoms with Crippen LogP contribution in [0.1, 0.15) is 78.4 Å². The van der Waals surface area contributed by atoms with E-state index >= 15 is 0 Å². The quantitative estimate of drug-likeness (QED) is 0.0375. The minimum atomic E-state index is -10.7. The molecule has 0 unspecified atom stereocenters. The van der Waals surface area contributed by atoms with Crippen molar-refractivity contribution in [2.75, 3.05) is 0 Å². The first-order chi connectivity index (χ1) is 50.2. The van der Waals surface area contributed by atoms with E-state index in [9.17, 15) is 35.4 Å². The number of phenolic OH excluding ortho intramolecular Hbond substituents is 2. The van der Waals surface area contributed by atoms with Gasteiger partial charge in [0, 0.05) is 62.9 Å². The van der Waals surface area contributed by atoms with Gasteiger partial charge in [-0.05, 0) is 132 Å². The molecule has 0 spiro atoms. The Morgan fingerprint density at radius 3 is 0.877 bits per heavy atom. The molecule has 1 radical (unpaired) electrons. The maximum atomic E-state index is 13.1. The Hall–Kier alpha value is -9.98. The van der Waals surface area contributed by atoms with E-state index < -0.39 is 24.0 Å². The summed E-state index contributed by atoms with van der Waals surface area (Å²) < 4.78 is 59.2. The summed E-state index contributed by atoms with van der Waals surface area (Å²) in [5.74, 6) is 0.392. The van der Waals surface area contributed by atoms with Crippen LogP contribution in [-0.2, 0) is 17.1 Å². The Bertz CT molecular complexity index is 5180. The van der Waals surface area contributed by atoms with Crippen LogP contribution < -0.4 is 31.1 Å². The monoisotopic (exact) mass is 1500 g/mol. The average molecular weight is 1500 g/mol. The van der Waals surface area contributed by atoms with Crippen molar-refractivity contribution in [1.82, 2.24) is 0 Å². The molecular weight excluding hydrogens is 1420 g/mol. The van der Waals surface area contributed by atoms with Crippen LogP contribution in [0.5, 0.6) is 11.5 Å². The predicted molar refractivity (Wildman–Crippen MR) is 437 cm³/mol. The van der Waals surface area contributed by atoms with Gasteiger partial charge in [-0.1, -0.05) is 346 Å². The molecule has 0 aliphatic heterocycles. The summed E-state index contributed by atoms with van der Waals surface area (Å²) in [6, 6.07) is 110. The molecule has 0 amide bonds. The van der Waals surface area contributed by atoms with Gasteiger partial charge in [-0.15, -0.1) is 0 Å². The van der Waals surface area contributed by atoms with E-state index in [0.717, 1.165) is 113 Å². The fourth-order valence-corrected chi connectivity index (χ4v) is 28.2. The molecule has 4 nitrogen and oxygen atoms in total. The fraction of sp³-hybridized carbons (Fsp3) is 0.152. The summed E-state index contributed by atoms with van der Waals surface area (Å²) in [7, 11) is -15.9. The zero-order valence-corrected chi connectivity index (χ0v) is 64.0. The smallest absolute Gasteiger partial charge is 0 e. The standard InChI is InChI=1S/C92H82N2O2Si2.F6P.Mn/c1-91(2,3)97(71-33-11-7-12-34-71,72-35-13-8-14-36-72)75-53-47-65(48-54-75)81-57-51-63-29-19-23-41-77(63)85(81)87-79-43-25-21-31-67(79)59-69(89(87)95)61-93-83-45-27-28-46-84(83)94-62-70-60-68-32-22-26-44-80(68)88(90(70)96)86-78-42-24-20-30-64(78)52-58-82(86)66-49-55-76(56-50-66)98(92(4,5)6,73-37-15-9-16-38-73)74-39-17-10-18-40-74;1-7(2,3,4,5)6;/h7-26,29-44,47-62,83-84,95-96H,27-28,45-46H2,1-6H3;;/q;-1;/t83-,84-;;/m0../s1. The van der Waals surface area contributed by atoms with Crippen molar-refractivity contribution in [2.24, 2.45) is 9.98 Å². The van der Waals surface area contributed by atoms with Gasteiger partial charge in [0.1, 0.15) is 11.5 Å². The summed E-state index contributed by atoms with van der Waals surface area (Å²) in [5, 5.41) is 42.7. The average Bonchev–Trinajstić information content (AvgIpc) is 0.729. The first-order valence-electron chi connectivity index (χ1n) is 35.8. The van der Waals surface area contributed by atoms with Crippen molar-refractivity contribution < 1.29 is 52.5 Å². The van der Waals surface area contributed by atoms with Crippen LogP contribution >= 0.6 is 7.81 Å². The van der Waals surface area contributed by atoms with Crippen molar-refractivity contribution in [3.8, 4) is 56.0 Å². The van der Waals surface area contributed by atoms with E-state index in [1.165, 1.54) is 31.1 Å². The number of fused-ring (bicyclic) bond motifs is 4. The molecule has 1 fully saturated rings. The van der Waals surface area contributed by atoms with E-state index in [0.29, 0.717) is 11.1 Å².